The molecule has 0 unspecified atom stereocenters. The minimum atomic E-state index is -4.43. The van der Waals surface area contributed by atoms with Crippen LogP contribution in [-0.2, 0) is 6.18 Å². The van der Waals surface area contributed by atoms with Gasteiger partial charge in [-0.2, -0.15) is 13.2 Å². The molecule has 0 fully saturated rings. The van der Waals surface area contributed by atoms with E-state index in [0.717, 1.165) is 30.7 Å². The van der Waals surface area contributed by atoms with E-state index in [2.05, 4.69) is 5.32 Å². The Morgan fingerprint density at radius 2 is 1.62 bits per heavy atom. The van der Waals surface area contributed by atoms with Crippen molar-refractivity contribution in [3.8, 4) is 11.5 Å². The van der Waals surface area contributed by atoms with Crippen LogP contribution in [0, 0.1) is 0 Å². The van der Waals surface area contributed by atoms with Crippen LogP contribution in [0.25, 0.3) is 0 Å². The summed E-state index contributed by atoms with van der Waals surface area (Å²) in [5.41, 5.74) is -0.186. The number of alkyl halides is 3. The molecule has 0 saturated heterocycles. The van der Waals surface area contributed by atoms with Gasteiger partial charge in [0.1, 0.15) is 0 Å². The molecule has 2 aromatic carbocycles. The number of hydrogen-bond acceptors (Lipinski definition) is 3. The van der Waals surface area contributed by atoms with E-state index in [4.69, 9.17) is 9.47 Å². The van der Waals surface area contributed by atoms with Gasteiger partial charge in [-0.15, -0.1) is 0 Å². The Morgan fingerprint density at radius 3 is 2.29 bits per heavy atom. The molecule has 0 aromatic heterocycles. The van der Waals surface area contributed by atoms with E-state index in [1.165, 1.54) is 0 Å². The summed E-state index contributed by atoms with van der Waals surface area (Å²) in [7, 11) is 0. The standard InChI is InChI=1S/C17H14F3NO3/c18-17(19,20)12-4-2-11(3-5-12)16(22)21-13-6-7-14-15(10-13)24-9-1-8-23-14/h2-7,10H,1,8-9H2,(H,21,22). The Labute approximate surface area is 136 Å². The van der Waals surface area contributed by atoms with Crippen LogP contribution in [0.2, 0.25) is 0 Å². The molecule has 0 atom stereocenters. The highest BCUT2D eigenvalue weighted by Gasteiger charge is 2.30. The molecular formula is C17H14F3NO3. The van der Waals surface area contributed by atoms with Crippen molar-refractivity contribution in [2.45, 2.75) is 12.6 Å². The van der Waals surface area contributed by atoms with Crippen molar-refractivity contribution in [2.24, 2.45) is 0 Å². The third-order valence-corrected chi connectivity index (χ3v) is 3.48. The van der Waals surface area contributed by atoms with Gasteiger partial charge in [-0.25, -0.2) is 0 Å². The first-order chi connectivity index (χ1) is 11.4. The first kappa shape index (κ1) is 16.2. The smallest absolute Gasteiger partial charge is 0.416 e. The Balaban J connectivity index is 1.74. The zero-order chi connectivity index (χ0) is 17.2. The normalized spacial score (nSPS) is 14.0. The lowest BCUT2D eigenvalue weighted by Crippen LogP contribution is -2.13. The molecule has 24 heavy (non-hydrogen) atoms. The maximum absolute atomic E-state index is 12.5. The van der Waals surface area contributed by atoms with E-state index in [1.54, 1.807) is 18.2 Å². The molecular weight excluding hydrogens is 323 g/mol. The molecule has 0 bridgehead atoms. The van der Waals surface area contributed by atoms with Gasteiger partial charge in [-0.3, -0.25) is 4.79 Å². The molecule has 0 saturated carbocycles. The summed E-state index contributed by atoms with van der Waals surface area (Å²) in [5.74, 6) is 0.621. The maximum Gasteiger partial charge on any atom is 0.416 e. The Morgan fingerprint density at radius 1 is 0.958 bits per heavy atom. The van der Waals surface area contributed by atoms with Crippen LogP contribution in [-0.4, -0.2) is 19.1 Å². The van der Waals surface area contributed by atoms with E-state index in [9.17, 15) is 18.0 Å². The largest absolute Gasteiger partial charge is 0.490 e. The minimum Gasteiger partial charge on any atom is -0.490 e. The predicted molar refractivity (Wildman–Crippen MR) is 81.4 cm³/mol. The number of amides is 1. The molecule has 1 aliphatic heterocycles. The van der Waals surface area contributed by atoms with Crippen molar-refractivity contribution in [2.75, 3.05) is 18.5 Å². The molecule has 1 aliphatic rings. The SMILES string of the molecule is O=C(Nc1ccc2c(c1)OCCCO2)c1ccc(C(F)(F)F)cc1. The molecule has 4 nitrogen and oxygen atoms in total. The summed E-state index contributed by atoms with van der Waals surface area (Å²) in [4.78, 5) is 12.1. The lowest BCUT2D eigenvalue weighted by atomic mass is 10.1. The fourth-order valence-electron chi connectivity index (χ4n) is 2.25. The average molecular weight is 337 g/mol. The van der Waals surface area contributed by atoms with Gasteiger partial charge in [0.2, 0.25) is 0 Å². The number of anilines is 1. The number of carbonyl (C=O) groups is 1. The summed E-state index contributed by atoms with van der Waals surface area (Å²) in [6.45, 7) is 1.08. The maximum atomic E-state index is 12.5. The fourth-order valence-corrected chi connectivity index (χ4v) is 2.25. The molecule has 1 heterocycles. The molecule has 126 valence electrons. The van der Waals surface area contributed by atoms with Crippen LogP contribution >= 0.6 is 0 Å². The van der Waals surface area contributed by atoms with E-state index in [1.807, 2.05) is 0 Å². The van der Waals surface area contributed by atoms with Crippen molar-refractivity contribution in [3.63, 3.8) is 0 Å². The first-order valence-electron chi connectivity index (χ1n) is 7.32. The number of hydrogen-bond donors (Lipinski definition) is 1. The number of nitrogens with one attached hydrogen (secondary N) is 1. The van der Waals surface area contributed by atoms with Crippen LogP contribution in [0.1, 0.15) is 22.3 Å². The Hall–Kier alpha value is -2.70. The van der Waals surface area contributed by atoms with Gasteiger partial charge in [0, 0.05) is 23.7 Å². The lowest BCUT2D eigenvalue weighted by Gasteiger charge is -2.11. The third kappa shape index (κ3) is 3.61. The van der Waals surface area contributed by atoms with Gasteiger partial charge in [0.05, 0.1) is 18.8 Å². The van der Waals surface area contributed by atoms with Crippen molar-refractivity contribution < 1.29 is 27.4 Å². The third-order valence-electron chi connectivity index (χ3n) is 3.48. The summed E-state index contributed by atoms with van der Waals surface area (Å²) in [6.07, 6.45) is -3.66. The number of carbonyl (C=O) groups excluding carboxylic acids is 1. The molecule has 7 heteroatoms. The topological polar surface area (TPSA) is 47.6 Å². The van der Waals surface area contributed by atoms with Gasteiger partial charge in [0.15, 0.2) is 11.5 Å². The quantitative estimate of drug-likeness (QED) is 0.897. The monoisotopic (exact) mass is 337 g/mol. The summed E-state index contributed by atoms with van der Waals surface area (Å²) >= 11 is 0. The van der Waals surface area contributed by atoms with Gasteiger partial charge < -0.3 is 14.8 Å². The molecule has 0 radical (unpaired) electrons. The van der Waals surface area contributed by atoms with Gasteiger partial charge >= 0.3 is 6.18 Å². The summed E-state index contributed by atoms with van der Waals surface area (Å²) in [6, 6.07) is 9.00. The second-order valence-electron chi connectivity index (χ2n) is 5.24. The first-order valence-corrected chi connectivity index (χ1v) is 7.32. The minimum absolute atomic E-state index is 0.134. The van der Waals surface area contributed by atoms with Crippen LogP contribution in [0.3, 0.4) is 0 Å². The van der Waals surface area contributed by atoms with Gasteiger partial charge in [-0.05, 0) is 36.4 Å². The van der Waals surface area contributed by atoms with Gasteiger partial charge in [0.25, 0.3) is 5.91 Å². The molecule has 3 rings (SSSR count). The Kier molecular flexibility index (Phi) is 4.33. The Bertz CT molecular complexity index is 742. The molecule has 2 aromatic rings. The zero-order valence-electron chi connectivity index (χ0n) is 12.5. The summed E-state index contributed by atoms with van der Waals surface area (Å²) < 4.78 is 48.6. The highest BCUT2D eigenvalue weighted by Crippen LogP contribution is 2.32. The van der Waals surface area contributed by atoms with Crippen molar-refractivity contribution in [1.82, 2.24) is 0 Å². The zero-order valence-corrected chi connectivity index (χ0v) is 12.5. The fraction of sp³-hybridized carbons (Fsp3) is 0.235. The van der Waals surface area contributed by atoms with Gasteiger partial charge in [-0.1, -0.05) is 0 Å². The molecule has 0 spiro atoms. The molecule has 1 amide bonds. The van der Waals surface area contributed by atoms with Crippen LogP contribution in [0.4, 0.5) is 18.9 Å². The van der Waals surface area contributed by atoms with Crippen LogP contribution in [0.5, 0.6) is 11.5 Å². The number of ether oxygens (including phenoxy) is 2. The predicted octanol–water partition coefficient (Wildman–Crippen LogP) is 4.12. The number of benzene rings is 2. The van der Waals surface area contributed by atoms with Crippen molar-refractivity contribution in [3.05, 3.63) is 53.6 Å². The van der Waals surface area contributed by atoms with E-state index in [0.29, 0.717) is 30.4 Å². The lowest BCUT2D eigenvalue weighted by molar-refractivity contribution is -0.137. The highest BCUT2D eigenvalue weighted by atomic mass is 19.4. The highest BCUT2D eigenvalue weighted by molar-refractivity contribution is 6.04. The van der Waals surface area contributed by atoms with E-state index >= 15 is 0 Å². The summed E-state index contributed by atoms with van der Waals surface area (Å²) in [5, 5.41) is 2.63. The van der Waals surface area contributed by atoms with Crippen molar-refractivity contribution in [1.29, 1.82) is 0 Å². The number of halogens is 3. The molecule has 1 N–H and O–H groups in total. The van der Waals surface area contributed by atoms with Crippen LogP contribution < -0.4 is 14.8 Å². The second-order valence-corrected chi connectivity index (χ2v) is 5.24. The van der Waals surface area contributed by atoms with E-state index < -0.39 is 17.6 Å². The van der Waals surface area contributed by atoms with Crippen molar-refractivity contribution >= 4 is 11.6 Å². The number of rotatable bonds is 2. The second kappa shape index (κ2) is 6.43. The average Bonchev–Trinajstić information content (AvgIpc) is 2.79. The molecule has 0 aliphatic carbocycles. The van der Waals surface area contributed by atoms with Crippen LogP contribution in [0.15, 0.2) is 42.5 Å². The number of fused-ring (bicyclic) bond motifs is 1. The van der Waals surface area contributed by atoms with E-state index in [-0.39, 0.29) is 5.56 Å².